The zero-order valence-electron chi connectivity index (χ0n) is 15.3. The second-order valence-electron chi connectivity index (χ2n) is 7.66. The molecule has 0 spiro atoms. The van der Waals surface area contributed by atoms with E-state index in [1.807, 2.05) is 0 Å². The van der Waals surface area contributed by atoms with Gasteiger partial charge in [-0.1, -0.05) is 42.0 Å². The van der Waals surface area contributed by atoms with E-state index < -0.39 is 0 Å². The SMILES string of the molecule is C/C(=C\c1ccccc1)C1CC1NCC1CCN(CCC(N)=O)CC1. The van der Waals surface area contributed by atoms with Gasteiger partial charge in [0.25, 0.3) is 0 Å². The van der Waals surface area contributed by atoms with Gasteiger partial charge in [-0.05, 0) is 63.2 Å². The summed E-state index contributed by atoms with van der Waals surface area (Å²) in [6, 6.07) is 11.2. The standard InChI is InChI=1S/C21H31N3O/c1-16(13-17-5-3-2-4-6-17)19-14-20(19)23-15-18-7-10-24(11-8-18)12-9-21(22)25/h2-6,13,18-20,23H,7-12,14-15H2,1H3,(H2,22,25)/b16-13+. The van der Waals surface area contributed by atoms with Crippen molar-refractivity contribution in [3.05, 3.63) is 41.5 Å². The van der Waals surface area contributed by atoms with Crippen molar-refractivity contribution >= 4 is 12.0 Å². The number of nitrogens with zero attached hydrogens (tertiary/aromatic N) is 1. The molecule has 4 heteroatoms. The van der Waals surface area contributed by atoms with Crippen LogP contribution in [-0.4, -0.2) is 43.0 Å². The van der Waals surface area contributed by atoms with E-state index in [0.29, 0.717) is 18.4 Å². The summed E-state index contributed by atoms with van der Waals surface area (Å²) in [4.78, 5) is 13.2. The van der Waals surface area contributed by atoms with Gasteiger partial charge in [0.2, 0.25) is 5.91 Å². The van der Waals surface area contributed by atoms with Crippen LogP contribution in [0.4, 0.5) is 0 Å². The van der Waals surface area contributed by atoms with Crippen LogP contribution in [0.25, 0.3) is 6.08 Å². The first-order valence-electron chi connectivity index (χ1n) is 9.59. The average molecular weight is 341 g/mol. The maximum atomic E-state index is 10.9. The Hall–Kier alpha value is -1.65. The molecule has 1 aliphatic heterocycles. The highest BCUT2D eigenvalue weighted by Crippen LogP contribution is 2.38. The Balaban J connectivity index is 1.34. The lowest BCUT2D eigenvalue weighted by Gasteiger charge is -2.31. The van der Waals surface area contributed by atoms with Gasteiger partial charge in [-0.2, -0.15) is 0 Å². The van der Waals surface area contributed by atoms with Crippen LogP contribution in [0.15, 0.2) is 35.9 Å². The second kappa shape index (κ2) is 8.63. The fraction of sp³-hybridized carbons (Fsp3) is 0.571. The highest BCUT2D eigenvalue weighted by molar-refractivity contribution is 5.73. The van der Waals surface area contributed by atoms with Gasteiger partial charge in [0.15, 0.2) is 0 Å². The van der Waals surface area contributed by atoms with Crippen molar-refractivity contribution in [2.24, 2.45) is 17.6 Å². The lowest BCUT2D eigenvalue weighted by molar-refractivity contribution is -0.118. The van der Waals surface area contributed by atoms with E-state index in [9.17, 15) is 4.79 Å². The molecular weight excluding hydrogens is 310 g/mol. The van der Waals surface area contributed by atoms with E-state index in [0.717, 1.165) is 32.1 Å². The smallest absolute Gasteiger partial charge is 0.218 e. The van der Waals surface area contributed by atoms with Gasteiger partial charge < -0.3 is 16.0 Å². The second-order valence-corrected chi connectivity index (χ2v) is 7.66. The monoisotopic (exact) mass is 341 g/mol. The van der Waals surface area contributed by atoms with E-state index in [4.69, 9.17) is 5.73 Å². The summed E-state index contributed by atoms with van der Waals surface area (Å²) in [5.41, 5.74) is 8.02. The largest absolute Gasteiger partial charge is 0.370 e. The van der Waals surface area contributed by atoms with Crippen LogP contribution in [0.1, 0.15) is 38.2 Å². The molecule has 4 nitrogen and oxygen atoms in total. The lowest BCUT2D eigenvalue weighted by Crippen LogP contribution is -2.39. The molecule has 3 N–H and O–H groups in total. The molecule has 0 radical (unpaired) electrons. The summed E-state index contributed by atoms with van der Waals surface area (Å²) in [6.07, 6.45) is 6.53. The van der Waals surface area contributed by atoms with Crippen LogP contribution < -0.4 is 11.1 Å². The Bertz CT molecular complexity index is 590. The number of primary amides is 1. The number of hydrogen-bond acceptors (Lipinski definition) is 3. The summed E-state index contributed by atoms with van der Waals surface area (Å²) >= 11 is 0. The minimum atomic E-state index is -0.192. The number of nitrogens with one attached hydrogen (secondary N) is 1. The van der Waals surface area contributed by atoms with E-state index in [2.05, 4.69) is 53.5 Å². The first-order chi connectivity index (χ1) is 12.1. The van der Waals surface area contributed by atoms with Gasteiger partial charge in [-0.25, -0.2) is 0 Å². The molecule has 1 heterocycles. The number of carbonyl (C=O) groups excluding carboxylic acids is 1. The summed E-state index contributed by atoms with van der Waals surface area (Å²) in [6.45, 7) is 6.41. The van der Waals surface area contributed by atoms with Crippen molar-refractivity contribution in [3.63, 3.8) is 0 Å². The van der Waals surface area contributed by atoms with Gasteiger partial charge in [0.05, 0.1) is 0 Å². The number of hydrogen-bond donors (Lipinski definition) is 2. The van der Waals surface area contributed by atoms with Crippen molar-refractivity contribution in [1.82, 2.24) is 10.2 Å². The number of piperidine rings is 1. The molecule has 2 atom stereocenters. The van der Waals surface area contributed by atoms with Crippen molar-refractivity contribution in [3.8, 4) is 0 Å². The highest BCUT2D eigenvalue weighted by atomic mass is 16.1. The van der Waals surface area contributed by atoms with Gasteiger partial charge in [0.1, 0.15) is 0 Å². The van der Waals surface area contributed by atoms with Gasteiger partial charge in [-0.15, -0.1) is 0 Å². The molecular formula is C21H31N3O. The summed E-state index contributed by atoms with van der Waals surface area (Å²) in [7, 11) is 0. The Morgan fingerprint density at radius 2 is 2.00 bits per heavy atom. The predicted octanol–water partition coefficient (Wildman–Crippen LogP) is 2.66. The fourth-order valence-electron chi connectivity index (χ4n) is 3.84. The number of benzene rings is 1. The van der Waals surface area contributed by atoms with Gasteiger partial charge >= 0.3 is 0 Å². The quantitative estimate of drug-likeness (QED) is 0.764. The Kier molecular flexibility index (Phi) is 6.27. The number of nitrogens with two attached hydrogens (primary N) is 1. The van der Waals surface area contributed by atoms with E-state index in [1.54, 1.807) is 0 Å². The first-order valence-corrected chi connectivity index (χ1v) is 9.59. The molecule has 1 aromatic carbocycles. The number of likely N-dealkylation sites (tertiary alicyclic amines) is 1. The molecule has 1 aromatic rings. The maximum absolute atomic E-state index is 10.9. The Morgan fingerprint density at radius 1 is 1.28 bits per heavy atom. The lowest BCUT2D eigenvalue weighted by atomic mass is 9.96. The topological polar surface area (TPSA) is 58.4 Å². The van der Waals surface area contributed by atoms with Gasteiger partial charge in [0, 0.05) is 19.0 Å². The van der Waals surface area contributed by atoms with Crippen LogP contribution in [0, 0.1) is 11.8 Å². The predicted molar refractivity (Wildman–Crippen MR) is 103 cm³/mol. The van der Waals surface area contributed by atoms with Crippen LogP contribution in [0.2, 0.25) is 0 Å². The van der Waals surface area contributed by atoms with Gasteiger partial charge in [-0.3, -0.25) is 4.79 Å². The third kappa shape index (κ3) is 5.68. The average Bonchev–Trinajstić information content (AvgIpc) is 3.40. The summed E-state index contributed by atoms with van der Waals surface area (Å²) in [5, 5.41) is 3.77. The van der Waals surface area contributed by atoms with Crippen molar-refractivity contribution in [2.45, 2.75) is 38.6 Å². The molecule has 136 valence electrons. The van der Waals surface area contributed by atoms with Crippen LogP contribution in [0.5, 0.6) is 0 Å². The summed E-state index contributed by atoms with van der Waals surface area (Å²) in [5.74, 6) is 1.28. The van der Waals surface area contributed by atoms with E-state index in [1.165, 1.54) is 30.4 Å². The molecule has 0 aromatic heterocycles. The highest BCUT2D eigenvalue weighted by Gasteiger charge is 2.38. The maximum Gasteiger partial charge on any atom is 0.218 e. The van der Waals surface area contributed by atoms with E-state index >= 15 is 0 Å². The molecule has 1 amide bonds. The molecule has 1 aliphatic carbocycles. The van der Waals surface area contributed by atoms with Crippen LogP contribution in [-0.2, 0) is 4.79 Å². The molecule has 1 saturated carbocycles. The van der Waals surface area contributed by atoms with Crippen LogP contribution >= 0.6 is 0 Å². The fourth-order valence-corrected chi connectivity index (χ4v) is 3.84. The number of rotatable bonds is 8. The molecule has 25 heavy (non-hydrogen) atoms. The molecule has 0 bridgehead atoms. The first kappa shape index (κ1) is 18.2. The Labute approximate surface area is 151 Å². The van der Waals surface area contributed by atoms with Crippen molar-refractivity contribution in [1.29, 1.82) is 0 Å². The minimum Gasteiger partial charge on any atom is -0.370 e. The zero-order chi connectivity index (χ0) is 17.6. The molecule has 3 rings (SSSR count). The molecule has 2 fully saturated rings. The number of carbonyl (C=O) groups is 1. The zero-order valence-corrected chi connectivity index (χ0v) is 15.3. The molecule has 2 unspecified atom stereocenters. The third-order valence-corrected chi connectivity index (χ3v) is 5.62. The minimum absolute atomic E-state index is 0.192. The van der Waals surface area contributed by atoms with Crippen molar-refractivity contribution < 1.29 is 4.79 Å². The van der Waals surface area contributed by atoms with E-state index in [-0.39, 0.29) is 5.91 Å². The molecule has 1 saturated heterocycles. The molecule has 2 aliphatic rings. The normalized spacial score (nSPS) is 25.1. The summed E-state index contributed by atoms with van der Waals surface area (Å²) < 4.78 is 0. The third-order valence-electron chi connectivity index (χ3n) is 5.62. The number of amides is 1. The Morgan fingerprint density at radius 3 is 2.68 bits per heavy atom. The van der Waals surface area contributed by atoms with Crippen molar-refractivity contribution in [2.75, 3.05) is 26.2 Å². The van der Waals surface area contributed by atoms with Crippen LogP contribution in [0.3, 0.4) is 0 Å².